The molecule has 2 heterocycles. The van der Waals surface area contributed by atoms with Crippen LogP contribution in [0.1, 0.15) is 43.1 Å². The first-order valence-electron chi connectivity index (χ1n) is 10.1. The second kappa shape index (κ2) is 9.42. The van der Waals surface area contributed by atoms with Crippen molar-refractivity contribution in [1.82, 2.24) is 14.2 Å². The normalized spacial score (nSPS) is 14.3. The van der Waals surface area contributed by atoms with Gasteiger partial charge in [-0.3, -0.25) is 9.59 Å². The Hall–Kier alpha value is -2.68. The lowest BCUT2D eigenvalue weighted by Gasteiger charge is -2.24. The Labute approximate surface area is 176 Å². The van der Waals surface area contributed by atoms with Crippen molar-refractivity contribution in [1.29, 1.82) is 0 Å². The molecule has 0 N–H and O–H groups in total. The summed E-state index contributed by atoms with van der Waals surface area (Å²) in [5.41, 5.74) is 0.568. The van der Waals surface area contributed by atoms with E-state index in [1.807, 2.05) is 12.1 Å². The van der Waals surface area contributed by atoms with Gasteiger partial charge in [-0.05, 0) is 31.4 Å². The second-order valence-electron chi connectivity index (χ2n) is 7.26. The number of carbonyl (C=O) groups excluding carboxylic acids is 2. The minimum atomic E-state index is -3.80. The number of benzene rings is 1. The molecule has 8 nitrogen and oxygen atoms in total. The number of amides is 2. The molecule has 3 rings (SSSR count). The number of pyridine rings is 1. The number of hydrogen-bond acceptors (Lipinski definition) is 6. The standard InChI is InChI=1S/C21H27N3O5S/c1-3-14-30(27,28)24(13-7-12-23-11-6-10-20(23)25)21(26)18-15-19(29-2)16-8-4-5-9-17(16)22-18/h4-5,8-9,15H,3,6-7,10-14H2,1-2H3. The second-order valence-corrected chi connectivity index (χ2v) is 9.27. The molecule has 30 heavy (non-hydrogen) atoms. The number of carbonyl (C=O) groups is 2. The Morgan fingerprint density at radius 1 is 1.30 bits per heavy atom. The number of likely N-dealkylation sites (tertiary alicyclic amines) is 1. The van der Waals surface area contributed by atoms with Gasteiger partial charge in [0, 0.05) is 37.5 Å². The summed E-state index contributed by atoms with van der Waals surface area (Å²) < 4.78 is 31.9. The number of rotatable bonds is 9. The van der Waals surface area contributed by atoms with E-state index in [0.29, 0.717) is 43.6 Å². The van der Waals surface area contributed by atoms with E-state index in [4.69, 9.17) is 4.74 Å². The summed E-state index contributed by atoms with van der Waals surface area (Å²) in [6, 6.07) is 8.68. The minimum Gasteiger partial charge on any atom is -0.496 e. The molecule has 9 heteroatoms. The first kappa shape index (κ1) is 22.0. The zero-order valence-corrected chi connectivity index (χ0v) is 18.2. The predicted octanol–water partition coefficient (Wildman–Crippen LogP) is 2.44. The highest BCUT2D eigenvalue weighted by Gasteiger charge is 2.30. The minimum absolute atomic E-state index is 0.00175. The largest absolute Gasteiger partial charge is 0.496 e. The van der Waals surface area contributed by atoms with Crippen LogP contribution in [0, 0.1) is 0 Å². The fraction of sp³-hybridized carbons (Fsp3) is 0.476. The Morgan fingerprint density at radius 3 is 2.73 bits per heavy atom. The number of para-hydroxylation sites is 1. The number of methoxy groups -OCH3 is 1. The maximum absolute atomic E-state index is 13.2. The van der Waals surface area contributed by atoms with Crippen LogP contribution in [0.15, 0.2) is 30.3 Å². The highest BCUT2D eigenvalue weighted by Crippen LogP contribution is 2.26. The van der Waals surface area contributed by atoms with Gasteiger partial charge in [0.05, 0.1) is 18.4 Å². The molecule has 0 bridgehead atoms. The third-order valence-corrected chi connectivity index (χ3v) is 7.05. The molecule has 0 spiro atoms. The molecular weight excluding hydrogens is 406 g/mol. The van der Waals surface area contributed by atoms with Gasteiger partial charge in [0.25, 0.3) is 5.91 Å². The van der Waals surface area contributed by atoms with Crippen molar-refractivity contribution < 1.29 is 22.7 Å². The van der Waals surface area contributed by atoms with Gasteiger partial charge in [-0.2, -0.15) is 0 Å². The average Bonchev–Trinajstić information content (AvgIpc) is 3.14. The molecule has 0 atom stereocenters. The van der Waals surface area contributed by atoms with Crippen LogP contribution in [0.2, 0.25) is 0 Å². The molecule has 1 saturated heterocycles. The number of sulfonamides is 1. The van der Waals surface area contributed by atoms with Crippen LogP contribution in [0.4, 0.5) is 0 Å². The molecule has 2 amide bonds. The molecule has 0 unspecified atom stereocenters. The van der Waals surface area contributed by atoms with Gasteiger partial charge in [0.1, 0.15) is 11.4 Å². The quantitative estimate of drug-likeness (QED) is 0.603. The van der Waals surface area contributed by atoms with Crippen LogP contribution in [0.5, 0.6) is 5.75 Å². The summed E-state index contributed by atoms with van der Waals surface area (Å²) in [5, 5.41) is 0.743. The molecule has 1 aliphatic rings. The smallest absolute Gasteiger partial charge is 0.286 e. The van der Waals surface area contributed by atoms with Crippen LogP contribution >= 0.6 is 0 Å². The van der Waals surface area contributed by atoms with Crippen LogP contribution in [0.3, 0.4) is 0 Å². The van der Waals surface area contributed by atoms with E-state index in [1.54, 1.807) is 24.0 Å². The van der Waals surface area contributed by atoms with Crippen molar-refractivity contribution in [3.63, 3.8) is 0 Å². The van der Waals surface area contributed by atoms with Crippen molar-refractivity contribution >= 4 is 32.7 Å². The maximum Gasteiger partial charge on any atom is 0.286 e. The topological polar surface area (TPSA) is 96.9 Å². The zero-order valence-electron chi connectivity index (χ0n) is 17.3. The average molecular weight is 434 g/mol. The molecule has 1 fully saturated rings. The van der Waals surface area contributed by atoms with E-state index in [-0.39, 0.29) is 23.9 Å². The number of hydrogen-bond donors (Lipinski definition) is 0. The van der Waals surface area contributed by atoms with Crippen molar-refractivity contribution in [3.05, 3.63) is 36.0 Å². The first-order chi connectivity index (χ1) is 14.4. The number of ether oxygens (including phenoxy) is 1. The third-order valence-electron chi connectivity index (χ3n) is 5.10. The number of aromatic nitrogens is 1. The first-order valence-corrected chi connectivity index (χ1v) is 11.7. The molecule has 1 aromatic heterocycles. The molecular formula is C21H27N3O5S. The van der Waals surface area contributed by atoms with Crippen molar-refractivity contribution in [2.24, 2.45) is 0 Å². The summed E-state index contributed by atoms with van der Waals surface area (Å²) >= 11 is 0. The fourth-order valence-corrected chi connectivity index (χ4v) is 5.12. The number of fused-ring (bicyclic) bond motifs is 1. The zero-order chi connectivity index (χ0) is 21.7. The maximum atomic E-state index is 13.2. The number of nitrogens with zero attached hydrogens (tertiary/aromatic N) is 3. The molecule has 1 aromatic carbocycles. The van der Waals surface area contributed by atoms with E-state index in [0.717, 1.165) is 16.1 Å². The van der Waals surface area contributed by atoms with Crippen molar-refractivity contribution in [2.75, 3.05) is 32.5 Å². The third kappa shape index (κ3) is 4.72. The summed E-state index contributed by atoms with van der Waals surface area (Å²) in [5.74, 6) is -0.281. The van der Waals surface area contributed by atoms with Crippen LogP contribution in [-0.2, 0) is 14.8 Å². The van der Waals surface area contributed by atoms with E-state index in [9.17, 15) is 18.0 Å². The molecule has 2 aromatic rings. The van der Waals surface area contributed by atoms with E-state index in [1.165, 1.54) is 13.2 Å². The van der Waals surface area contributed by atoms with E-state index in [2.05, 4.69) is 4.98 Å². The SMILES string of the molecule is CCCS(=O)(=O)N(CCCN1CCCC1=O)C(=O)c1cc(OC)c2ccccc2n1. The van der Waals surface area contributed by atoms with Gasteiger partial charge in [-0.25, -0.2) is 17.7 Å². The van der Waals surface area contributed by atoms with Gasteiger partial charge in [-0.1, -0.05) is 19.1 Å². The van der Waals surface area contributed by atoms with Gasteiger partial charge < -0.3 is 9.64 Å². The highest BCUT2D eigenvalue weighted by atomic mass is 32.2. The van der Waals surface area contributed by atoms with Crippen LogP contribution in [0.25, 0.3) is 10.9 Å². The van der Waals surface area contributed by atoms with Crippen LogP contribution < -0.4 is 4.74 Å². The van der Waals surface area contributed by atoms with Crippen molar-refractivity contribution in [2.45, 2.75) is 32.6 Å². The van der Waals surface area contributed by atoms with Gasteiger partial charge in [-0.15, -0.1) is 0 Å². The lowest BCUT2D eigenvalue weighted by atomic mass is 10.1. The van der Waals surface area contributed by atoms with E-state index >= 15 is 0 Å². The molecule has 0 radical (unpaired) electrons. The summed E-state index contributed by atoms with van der Waals surface area (Å²) in [7, 11) is -2.31. The fourth-order valence-electron chi connectivity index (χ4n) is 3.63. The lowest BCUT2D eigenvalue weighted by Crippen LogP contribution is -2.40. The Kier molecular flexibility index (Phi) is 6.91. The van der Waals surface area contributed by atoms with Gasteiger partial charge in [0.15, 0.2) is 0 Å². The van der Waals surface area contributed by atoms with E-state index < -0.39 is 15.9 Å². The lowest BCUT2D eigenvalue weighted by molar-refractivity contribution is -0.127. The molecule has 0 aliphatic carbocycles. The van der Waals surface area contributed by atoms with Gasteiger partial charge in [0.2, 0.25) is 15.9 Å². The monoisotopic (exact) mass is 433 g/mol. The summed E-state index contributed by atoms with van der Waals surface area (Å²) in [6.07, 6.45) is 2.12. The Balaban J connectivity index is 1.87. The Bertz CT molecular complexity index is 1040. The predicted molar refractivity (Wildman–Crippen MR) is 114 cm³/mol. The molecule has 1 aliphatic heterocycles. The summed E-state index contributed by atoms with van der Waals surface area (Å²) in [4.78, 5) is 31.1. The molecule has 162 valence electrons. The van der Waals surface area contributed by atoms with Crippen LogP contribution in [-0.4, -0.2) is 66.9 Å². The molecule has 0 saturated carbocycles. The summed E-state index contributed by atoms with van der Waals surface area (Å²) in [6.45, 7) is 2.86. The Morgan fingerprint density at radius 2 is 2.07 bits per heavy atom. The van der Waals surface area contributed by atoms with Gasteiger partial charge >= 0.3 is 0 Å². The highest BCUT2D eigenvalue weighted by molar-refractivity contribution is 7.89. The van der Waals surface area contributed by atoms with Crippen molar-refractivity contribution in [3.8, 4) is 5.75 Å².